The Balaban J connectivity index is 1.74. The molecule has 2 amide bonds. The van der Waals surface area contributed by atoms with Gasteiger partial charge in [-0.15, -0.1) is 0 Å². The van der Waals surface area contributed by atoms with Gasteiger partial charge in [0.25, 0.3) is 11.8 Å². The number of carbonyl (C=O) groups excluding carboxylic acids is 2. The summed E-state index contributed by atoms with van der Waals surface area (Å²) in [5, 5.41) is 5.83. The molecule has 140 valence electrons. The molecule has 0 aromatic heterocycles. The van der Waals surface area contributed by atoms with E-state index in [-0.39, 0.29) is 11.8 Å². The fourth-order valence-electron chi connectivity index (χ4n) is 2.69. The monoisotopic (exact) mass is 380 g/mol. The average molecular weight is 381 g/mol. The molecule has 0 radical (unpaired) electrons. The number of rotatable bonds is 5. The number of nitrogens with one attached hydrogen (secondary N) is 2. The highest BCUT2D eigenvalue weighted by molar-refractivity contribution is 8.04. The predicted octanol–water partition coefficient (Wildman–Crippen LogP) is 4.86. The molecule has 27 heavy (non-hydrogen) atoms. The van der Waals surface area contributed by atoms with Crippen LogP contribution in [0.2, 0.25) is 0 Å². The van der Waals surface area contributed by atoms with Crippen LogP contribution in [0, 0.1) is 12.8 Å². The van der Waals surface area contributed by atoms with Crippen molar-refractivity contribution < 1.29 is 9.59 Å². The molecule has 0 fully saturated rings. The molecule has 0 atom stereocenters. The molecule has 1 aliphatic rings. The second-order valence-electron chi connectivity index (χ2n) is 7.12. The quantitative estimate of drug-likeness (QED) is 0.729. The fraction of sp³-hybridized carbons (Fsp3) is 0.273. The first kappa shape index (κ1) is 19.2. The summed E-state index contributed by atoms with van der Waals surface area (Å²) in [7, 11) is 0. The van der Waals surface area contributed by atoms with Crippen molar-refractivity contribution in [2.75, 3.05) is 11.9 Å². The average Bonchev–Trinajstić information content (AvgIpc) is 2.63. The lowest BCUT2D eigenvalue weighted by molar-refractivity contribution is -0.112. The van der Waals surface area contributed by atoms with Crippen molar-refractivity contribution in [1.82, 2.24) is 5.32 Å². The molecule has 0 bridgehead atoms. The summed E-state index contributed by atoms with van der Waals surface area (Å²) in [4.78, 5) is 26.3. The van der Waals surface area contributed by atoms with E-state index in [9.17, 15) is 9.59 Å². The summed E-state index contributed by atoms with van der Waals surface area (Å²) in [6.07, 6.45) is 2.82. The van der Waals surface area contributed by atoms with Crippen molar-refractivity contribution in [3.63, 3.8) is 0 Å². The van der Waals surface area contributed by atoms with Crippen molar-refractivity contribution in [3.05, 3.63) is 64.1 Å². The minimum Gasteiger partial charge on any atom is -0.352 e. The zero-order valence-corrected chi connectivity index (χ0v) is 16.7. The summed E-state index contributed by atoms with van der Waals surface area (Å²) in [6.45, 7) is 6.93. The van der Waals surface area contributed by atoms with Gasteiger partial charge in [0.15, 0.2) is 0 Å². The molecule has 5 heteroatoms. The molecule has 0 saturated carbocycles. The molecule has 0 aliphatic carbocycles. The van der Waals surface area contributed by atoms with Crippen LogP contribution in [0.4, 0.5) is 5.69 Å². The first-order chi connectivity index (χ1) is 12.9. The normalized spacial score (nSPS) is 14.8. The van der Waals surface area contributed by atoms with E-state index in [0.29, 0.717) is 28.6 Å². The third-order valence-corrected chi connectivity index (χ3v) is 5.42. The molecule has 1 aliphatic heterocycles. The molecule has 2 aromatic carbocycles. The first-order valence-corrected chi connectivity index (χ1v) is 9.94. The lowest BCUT2D eigenvalue weighted by Gasteiger charge is -2.19. The molecular weight excluding hydrogens is 356 g/mol. The van der Waals surface area contributed by atoms with Crippen LogP contribution in [0.5, 0.6) is 0 Å². The third-order valence-electron chi connectivity index (χ3n) is 4.32. The van der Waals surface area contributed by atoms with Gasteiger partial charge in [0, 0.05) is 17.0 Å². The van der Waals surface area contributed by atoms with Gasteiger partial charge in [0.05, 0.1) is 10.6 Å². The minimum atomic E-state index is -0.148. The van der Waals surface area contributed by atoms with Gasteiger partial charge in [0.1, 0.15) is 0 Å². The smallest absolute Gasteiger partial charge is 0.262 e. The van der Waals surface area contributed by atoms with Crippen molar-refractivity contribution in [2.45, 2.75) is 32.1 Å². The molecule has 0 unspecified atom stereocenters. The van der Waals surface area contributed by atoms with Gasteiger partial charge < -0.3 is 10.6 Å². The maximum atomic E-state index is 12.5. The van der Waals surface area contributed by atoms with Crippen LogP contribution < -0.4 is 10.6 Å². The number of hydrogen-bond acceptors (Lipinski definition) is 3. The van der Waals surface area contributed by atoms with Crippen LogP contribution >= 0.6 is 11.8 Å². The molecule has 0 saturated heterocycles. The topological polar surface area (TPSA) is 58.2 Å². The highest BCUT2D eigenvalue weighted by Crippen LogP contribution is 2.39. The summed E-state index contributed by atoms with van der Waals surface area (Å²) in [5.74, 6) is 0.285. The molecule has 4 nitrogen and oxygen atoms in total. The number of hydrogen-bond donors (Lipinski definition) is 2. The number of amides is 2. The lowest BCUT2D eigenvalue weighted by atomic mass is 10.1. The highest BCUT2D eigenvalue weighted by atomic mass is 32.2. The number of thioether (sulfide) groups is 1. The summed E-state index contributed by atoms with van der Waals surface area (Å²) in [5.41, 5.74) is 3.41. The zero-order valence-electron chi connectivity index (χ0n) is 15.8. The number of anilines is 1. The molecule has 2 N–H and O–H groups in total. The Morgan fingerprint density at radius 2 is 1.93 bits per heavy atom. The Bertz CT molecular complexity index is 886. The van der Waals surface area contributed by atoms with Gasteiger partial charge in [-0.05, 0) is 49.1 Å². The standard InChI is InChI=1S/C22H24N2O2S/c1-14(2)10-11-23-21(25)17-8-9-19-18(13-17)24-22(26)20(27-19)12-16-6-4-15(3)5-7-16/h4-9,12-14H,10-11H2,1-3H3,(H,23,25)(H,24,26). The van der Waals surface area contributed by atoms with Crippen LogP contribution in [0.15, 0.2) is 52.3 Å². The summed E-state index contributed by atoms with van der Waals surface area (Å²) < 4.78 is 0. The Labute approximate surface area is 164 Å². The van der Waals surface area contributed by atoms with Crippen LogP contribution in [0.1, 0.15) is 41.8 Å². The van der Waals surface area contributed by atoms with Gasteiger partial charge in [-0.2, -0.15) is 0 Å². The van der Waals surface area contributed by atoms with Crippen LogP contribution in [-0.2, 0) is 4.79 Å². The predicted molar refractivity (Wildman–Crippen MR) is 112 cm³/mol. The number of carbonyl (C=O) groups is 2. The maximum Gasteiger partial charge on any atom is 0.262 e. The Morgan fingerprint density at radius 3 is 2.63 bits per heavy atom. The van der Waals surface area contributed by atoms with Crippen molar-refractivity contribution in [2.24, 2.45) is 5.92 Å². The van der Waals surface area contributed by atoms with E-state index in [4.69, 9.17) is 0 Å². The second-order valence-corrected chi connectivity index (χ2v) is 8.21. The molecule has 3 rings (SSSR count). The van der Waals surface area contributed by atoms with Crippen LogP contribution in [0.25, 0.3) is 6.08 Å². The molecular formula is C22H24N2O2S. The maximum absolute atomic E-state index is 12.5. The van der Waals surface area contributed by atoms with Crippen molar-refractivity contribution >= 4 is 35.3 Å². The molecule has 0 spiro atoms. The van der Waals surface area contributed by atoms with Crippen LogP contribution in [0.3, 0.4) is 0 Å². The van der Waals surface area contributed by atoms with E-state index in [1.165, 1.54) is 17.3 Å². The SMILES string of the molecule is Cc1ccc(C=C2Sc3ccc(C(=O)NCCC(C)C)cc3NC2=O)cc1. The van der Waals surface area contributed by atoms with E-state index in [1.807, 2.05) is 43.3 Å². The van der Waals surface area contributed by atoms with E-state index < -0.39 is 0 Å². The van der Waals surface area contributed by atoms with E-state index in [0.717, 1.165) is 16.9 Å². The van der Waals surface area contributed by atoms with E-state index in [2.05, 4.69) is 24.5 Å². The van der Waals surface area contributed by atoms with Gasteiger partial charge in [0.2, 0.25) is 0 Å². The third kappa shape index (κ3) is 5.01. The van der Waals surface area contributed by atoms with Gasteiger partial charge in [-0.1, -0.05) is 55.4 Å². The lowest BCUT2D eigenvalue weighted by Crippen LogP contribution is -2.26. The number of benzene rings is 2. The summed E-state index contributed by atoms with van der Waals surface area (Å²) >= 11 is 1.42. The van der Waals surface area contributed by atoms with Gasteiger partial charge in [-0.3, -0.25) is 9.59 Å². The Hall–Kier alpha value is -2.53. The largest absolute Gasteiger partial charge is 0.352 e. The first-order valence-electron chi connectivity index (χ1n) is 9.12. The van der Waals surface area contributed by atoms with Crippen molar-refractivity contribution in [3.8, 4) is 0 Å². The Kier molecular flexibility index (Phi) is 6.01. The van der Waals surface area contributed by atoms with Gasteiger partial charge in [-0.25, -0.2) is 0 Å². The van der Waals surface area contributed by atoms with Crippen LogP contribution in [-0.4, -0.2) is 18.4 Å². The number of fused-ring (bicyclic) bond motifs is 1. The van der Waals surface area contributed by atoms with Gasteiger partial charge >= 0.3 is 0 Å². The zero-order chi connectivity index (χ0) is 19.4. The second kappa shape index (κ2) is 8.44. The molecule has 1 heterocycles. The fourth-order valence-corrected chi connectivity index (χ4v) is 3.62. The molecule has 2 aromatic rings. The van der Waals surface area contributed by atoms with Crippen molar-refractivity contribution in [1.29, 1.82) is 0 Å². The van der Waals surface area contributed by atoms with E-state index in [1.54, 1.807) is 12.1 Å². The minimum absolute atomic E-state index is 0.112. The highest BCUT2D eigenvalue weighted by Gasteiger charge is 2.22. The number of aryl methyl sites for hydroxylation is 1. The Morgan fingerprint density at radius 1 is 1.19 bits per heavy atom. The summed E-state index contributed by atoms with van der Waals surface area (Å²) in [6, 6.07) is 13.5. The van der Waals surface area contributed by atoms with E-state index >= 15 is 0 Å².